The van der Waals surface area contributed by atoms with E-state index in [0.29, 0.717) is 0 Å². The minimum atomic E-state index is -4.30. The molecule has 0 aromatic carbocycles. The second kappa shape index (κ2) is 3.97. The lowest BCUT2D eigenvalue weighted by atomic mass is 10.8. The summed E-state index contributed by atoms with van der Waals surface area (Å²) in [4.78, 5) is 10.0. The number of hydrogen-bond acceptors (Lipinski definition) is 3. The van der Waals surface area contributed by atoms with Crippen LogP contribution in [0.3, 0.4) is 0 Å². The molecule has 7 heteroatoms. The fraction of sp³-hybridized carbons (Fsp3) is 0.667. The molecule has 0 saturated carbocycles. The largest absolute Gasteiger partial charge is 0.453 e. The maximum absolute atomic E-state index is 11.3. The molecule has 60 valence electrons. The summed E-state index contributed by atoms with van der Waals surface area (Å²) in [5, 5.41) is 0. The van der Waals surface area contributed by atoms with E-state index < -0.39 is 11.4 Å². The smallest absolute Gasteiger partial charge is 0.291 e. The summed E-state index contributed by atoms with van der Waals surface area (Å²) in [5.74, 6) is -0.498. The van der Waals surface area contributed by atoms with E-state index in [1.807, 2.05) is 4.72 Å². The molecule has 0 rings (SSSR count). The minimum Gasteiger partial charge on any atom is -0.291 e. The molecule has 0 aliphatic heterocycles. The topological polar surface area (TPSA) is 29.1 Å². The Labute approximate surface area is 63.5 Å². The molecule has 0 heterocycles. The van der Waals surface area contributed by atoms with Crippen molar-refractivity contribution in [3.05, 3.63) is 0 Å². The predicted molar refractivity (Wildman–Crippen MR) is 35.1 cm³/mol. The quantitative estimate of drug-likeness (QED) is 0.534. The van der Waals surface area contributed by atoms with Gasteiger partial charge in [0.25, 0.3) is 0 Å². The first-order valence-electron chi connectivity index (χ1n) is 2.10. The number of carbonyl (C=O) groups excluding carboxylic acids is 1. The van der Waals surface area contributed by atoms with Gasteiger partial charge in [-0.2, -0.15) is 13.2 Å². The number of amides is 1. The van der Waals surface area contributed by atoms with Crippen molar-refractivity contribution >= 4 is 27.7 Å². The van der Waals surface area contributed by atoms with Crippen molar-refractivity contribution in [1.82, 2.24) is 4.72 Å². The van der Waals surface area contributed by atoms with Gasteiger partial charge in [-0.1, -0.05) is 0 Å². The summed E-state index contributed by atoms with van der Waals surface area (Å²) in [6, 6.07) is 0. The van der Waals surface area contributed by atoms with Crippen LogP contribution in [0.25, 0.3) is 0 Å². The zero-order valence-electron chi connectivity index (χ0n) is 4.86. The summed E-state index contributed by atoms with van der Waals surface area (Å²) >= 11 is 0. The average Bonchev–Trinajstić information content (AvgIpc) is 1.59. The highest BCUT2D eigenvalue weighted by Crippen LogP contribution is 2.37. The first-order valence-corrected chi connectivity index (χ1v) is 4.25. The Bertz CT molecular complexity index is 125. The third-order valence-electron chi connectivity index (χ3n) is 0.322. The van der Waals surface area contributed by atoms with Crippen LogP contribution in [0.15, 0.2) is 0 Å². The van der Waals surface area contributed by atoms with Crippen LogP contribution in [0, 0.1) is 0 Å². The number of nitrogens with one attached hydrogen (secondary N) is 1. The van der Waals surface area contributed by atoms with Crippen molar-refractivity contribution in [1.29, 1.82) is 0 Å². The Morgan fingerprint density at radius 2 is 2.00 bits per heavy atom. The predicted octanol–water partition coefficient (Wildman–Crippen LogP) is 1.94. The second-order valence-electron chi connectivity index (χ2n) is 1.27. The second-order valence-corrected chi connectivity index (χ2v) is 3.27. The molecule has 0 bridgehead atoms. The van der Waals surface area contributed by atoms with Gasteiger partial charge in [-0.25, -0.2) is 0 Å². The molecule has 0 aromatic rings. The normalized spacial score (nSPS) is 11.2. The van der Waals surface area contributed by atoms with Gasteiger partial charge in [0.15, 0.2) is 0 Å². The standard InChI is InChI=1S/C3H4F3NOS2/c1-2(8)7-10-9-3(4,5)6/h1H3,(H,7,8). The van der Waals surface area contributed by atoms with Gasteiger partial charge < -0.3 is 0 Å². The molecule has 0 unspecified atom stereocenters. The molecule has 0 atom stereocenters. The fourth-order valence-corrected chi connectivity index (χ4v) is 1.14. The van der Waals surface area contributed by atoms with E-state index >= 15 is 0 Å². The zero-order valence-corrected chi connectivity index (χ0v) is 6.49. The number of halogens is 3. The molecular formula is C3H4F3NOS2. The molecule has 1 amide bonds. The van der Waals surface area contributed by atoms with E-state index in [1.165, 1.54) is 0 Å². The molecule has 0 fully saturated rings. The lowest BCUT2D eigenvalue weighted by molar-refractivity contribution is -0.117. The molecule has 0 spiro atoms. The van der Waals surface area contributed by atoms with Crippen LogP contribution in [0.1, 0.15) is 6.92 Å². The van der Waals surface area contributed by atoms with Crippen LogP contribution < -0.4 is 4.72 Å². The van der Waals surface area contributed by atoms with Crippen molar-refractivity contribution in [2.24, 2.45) is 0 Å². The highest BCUT2D eigenvalue weighted by atomic mass is 33.1. The number of alkyl halides is 3. The molecule has 0 aliphatic rings. The van der Waals surface area contributed by atoms with Crippen LogP contribution in [0.4, 0.5) is 13.2 Å². The maximum Gasteiger partial charge on any atom is 0.453 e. The van der Waals surface area contributed by atoms with Gasteiger partial charge in [-0.05, 0) is 0 Å². The highest BCUT2D eigenvalue weighted by Gasteiger charge is 2.29. The summed E-state index contributed by atoms with van der Waals surface area (Å²) in [6.07, 6.45) is 0. The Kier molecular flexibility index (Phi) is 3.95. The number of rotatable bonds is 2. The molecule has 0 radical (unpaired) electrons. The number of carbonyl (C=O) groups is 1. The number of hydrogen-bond donors (Lipinski definition) is 1. The van der Waals surface area contributed by atoms with Crippen LogP contribution in [-0.4, -0.2) is 11.4 Å². The van der Waals surface area contributed by atoms with Crippen LogP contribution >= 0.6 is 21.8 Å². The fourth-order valence-electron chi connectivity index (χ4n) is 0.127. The summed E-state index contributed by atoms with van der Waals surface area (Å²) in [5.41, 5.74) is -4.30. The zero-order chi connectivity index (χ0) is 8.20. The SMILES string of the molecule is CC(=O)NSSC(F)(F)F. The van der Waals surface area contributed by atoms with E-state index in [1.54, 1.807) is 0 Å². The summed E-state index contributed by atoms with van der Waals surface area (Å²) in [7, 11) is -0.0930. The monoisotopic (exact) mass is 191 g/mol. The average molecular weight is 191 g/mol. The van der Waals surface area contributed by atoms with E-state index in [0.717, 1.165) is 6.92 Å². The van der Waals surface area contributed by atoms with E-state index in [9.17, 15) is 18.0 Å². The highest BCUT2D eigenvalue weighted by molar-refractivity contribution is 8.76. The first kappa shape index (κ1) is 9.96. The molecule has 0 aliphatic carbocycles. The molecule has 0 aromatic heterocycles. The Morgan fingerprint density at radius 3 is 2.30 bits per heavy atom. The Hall–Kier alpha value is -0.0400. The molecule has 1 N–H and O–H groups in total. The third kappa shape index (κ3) is 7.96. The van der Waals surface area contributed by atoms with Gasteiger partial charge >= 0.3 is 5.51 Å². The summed E-state index contributed by atoms with van der Waals surface area (Å²) in [6.45, 7) is 1.14. The molecule has 10 heavy (non-hydrogen) atoms. The molecular weight excluding hydrogens is 187 g/mol. The van der Waals surface area contributed by atoms with Gasteiger partial charge in [0.05, 0.1) is 0 Å². The van der Waals surface area contributed by atoms with E-state index in [-0.39, 0.29) is 21.8 Å². The van der Waals surface area contributed by atoms with Gasteiger partial charge in [0, 0.05) is 28.7 Å². The van der Waals surface area contributed by atoms with Crippen LogP contribution in [0.5, 0.6) is 0 Å². The van der Waals surface area contributed by atoms with Crippen molar-refractivity contribution in [3.63, 3.8) is 0 Å². The third-order valence-corrected chi connectivity index (χ3v) is 2.03. The molecule has 0 saturated heterocycles. The lowest BCUT2D eigenvalue weighted by Crippen LogP contribution is -2.10. The van der Waals surface area contributed by atoms with E-state index in [4.69, 9.17) is 0 Å². The Balaban J connectivity index is 3.29. The maximum atomic E-state index is 11.3. The van der Waals surface area contributed by atoms with Gasteiger partial charge in [-0.3, -0.25) is 9.52 Å². The van der Waals surface area contributed by atoms with Crippen LogP contribution in [0.2, 0.25) is 0 Å². The minimum absolute atomic E-state index is 0.260. The lowest BCUT2D eigenvalue weighted by Gasteiger charge is -2.02. The summed E-state index contributed by atoms with van der Waals surface area (Å²) < 4.78 is 35.8. The van der Waals surface area contributed by atoms with Crippen molar-refractivity contribution in [3.8, 4) is 0 Å². The van der Waals surface area contributed by atoms with Gasteiger partial charge in [0.1, 0.15) is 0 Å². The van der Waals surface area contributed by atoms with Crippen molar-refractivity contribution in [2.45, 2.75) is 12.4 Å². The molecule has 2 nitrogen and oxygen atoms in total. The van der Waals surface area contributed by atoms with Gasteiger partial charge in [-0.15, -0.1) is 0 Å². The van der Waals surface area contributed by atoms with Crippen molar-refractivity contribution < 1.29 is 18.0 Å². The first-order chi connectivity index (χ1) is 4.42. The Morgan fingerprint density at radius 1 is 1.50 bits per heavy atom. The van der Waals surface area contributed by atoms with Crippen LogP contribution in [-0.2, 0) is 4.79 Å². The van der Waals surface area contributed by atoms with Gasteiger partial charge in [0.2, 0.25) is 5.91 Å². The van der Waals surface area contributed by atoms with Crippen molar-refractivity contribution in [2.75, 3.05) is 0 Å². The van der Waals surface area contributed by atoms with E-state index in [2.05, 4.69) is 0 Å².